The highest BCUT2D eigenvalue weighted by atomic mass is 16.5. The van der Waals surface area contributed by atoms with E-state index in [1.54, 1.807) is 12.4 Å². The van der Waals surface area contributed by atoms with Crippen molar-refractivity contribution >= 4 is 11.9 Å². The van der Waals surface area contributed by atoms with E-state index in [4.69, 9.17) is 0 Å². The molecule has 1 atom stereocenters. The van der Waals surface area contributed by atoms with Crippen LogP contribution in [0.1, 0.15) is 12.5 Å². The third-order valence-corrected chi connectivity index (χ3v) is 2.55. The molecule has 6 heteroatoms. The van der Waals surface area contributed by atoms with Crippen molar-refractivity contribution in [2.75, 3.05) is 20.2 Å². The number of amides is 1. The van der Waals surface area contributed by atoms with Crippen molar-refractivity contribution in [3.8, 4) is 0 Å². The van der Waals surface area contributed by atoms with Crippen molar-refractivity contribution in [1.82, 2.24) is 15.6 Å². The molecule has 104 valence electrons. The van der Waals surface area contributed by atoms with E-state index in [1.165, 1.54) is 14.0 Å². The number of nitrogens with zero attached hydrogens (tertiary/aromatic N) is 1. The smallest absolute Gasteiger partial charge is 0.329 e. The van der Waals surface area contributed by atoms with Crippen molar-refractivity contribution in [2.45, 2.75) is 19.4 Å². The molecule has 0 spiro atoms. The molecule has 0 radical (unpaired) electrons. The highest BCUT2D eigenvalue weighted by Crippen LogP contribution is 1.96. The van der Waals surface area contributed by atoms with Gasteiger partial charge >= 0.3 is 5.97 Å². The number of hydrogen-bond donors (Lipinski definition) is 2. The molecule has 0 aromatic carbocycles. The van der Waals surface area contributed by atoms with Crippen molar-refractivity contribution in [3.63, 3.8) is 0 Å². The van der Waals surface area contributed by atoms with E-state index < -0.39 is 12.0 Å². The highest BCUT2D eigenvalue weighted by molar-refractivity contribution is 5.83. The van der Waals surface area contributed by atoms with E-state index in [-0.39, 0.29) is 5.91 Å². The molecule has 6 nitrogen and oxygen atoms in total. The van der Waals surface area contributed by atoms with E-state index in [2.05, 4.69) is 20.4 Å². The standard InChI is InChI=1S/C13H19N3O3/c1-10(17)16-12(13(18)19-2)9-15-8-5-11-3-6-14-7-4-11/h3-4,6-7,12,15H,5,8-9H2,1-2H3,(H,16,17). The predicted octanol–water partition coefficient (Wildman–Crippen LogP) is -0.109. The van der Waals surface area contributed by atoms with Crippen LogP contribution in [0, 0.1) is 0 Å². The van der Waals surface area contributed by atoms with Gasteiger partial charge < -0.3 is 15.4 Å². The Morgan fingerprint density at radius 2 is 2.05 bits per heavy atom. The van der Waals surface area contributed by atoms with Gasteiger partial charge in [0.15, 0.2) is 0 Å². The molecule has 1 aromatic heterocycles. The number of methoxy groups -OCH3 is 1. The summed E-state index contributed by atoms with van der Waals surface area (Å²) in [5.74, 6) is -0.710. The summed E-state index contributed by atoms with van der Waals surface area (Å²) in [5.41, 5.74) is 1.16. The summed E-state index contributed by atoms with van der Waals surface area (Å²) in [4.78, 5) is 26.3. The largest absolute Gasteiger partial charge is 0.467 e. The number of ether oxygens (including phenoxy) is 1. The van der Waals surface area contributed by atoms with Crippen LogP contribution in [0.2, 0.25) is 0 Å². The molecule has 0 saturated heterocycles. The Bertz CT molecular complexity index is 409. The number of aromatic nitrogens is 1. The molecule has 2 N–H and O–H groups in total. The predicted molar refractivity (Wildman–Crippen MR) is 70.4 cm³/mol. The Balaban J connectivity index is 2.32. The molecule has 1 rings (SSSR count). The van der Waals surface area contributed by atoms with Gasteiger partial charge in [-0.2, -0.15) is 0 Å². The van der Waals surface area contributed by atoms with E-state index in [0.29, 0.717) is 13.1 Å². The van der Waals surface area contributed by atoms with E-state index >= 15 is 0 Å². The Morgan fingerprint density at radius 1 is 1.37 bits per heavy atom. The first-order chi connectivity index (χ1) is 9.13. The normalized spacial score (nSPS) is 11.7. The minimum atomic E-state index is -0.653. The van der Waals surface area contributed by atoms with Gasteiger partial charge in [-0.1, -0.05) is 0 Å². The van der Waals surface area contributed by atoms with Crippen LogP contribution in [0.5, 0.6) is 0 Å². The second kappa shape index (κ2) is 8.20. The van der Waals surface area contributed by atoms with Crippen molar-refractivity contribution in [3.05, 3.63) is 30.1 Å². The minimum Gasteiger partial charge on any atom is -0.467 e. The zero-order chi connectivity index (χ0) is 14.1. The lowest BCUT2D eigenvalue weighted by Crippen LogP contribution is -2.47. The maximum atomic E-state index is 11.4. The summed E-state index contributed by atoms with van der Waals surface area (Å²) in [5, 5.41) is 5.66. The summed E-state index contributed by atoms with van der Waals surface area (Å²) < 4.78 is 4.63. The maximum absolute atomic E-state index is 11.4. The third kappa shape index (κ3) is 5.96. The number of carbonyl (C=O) groups is 2. The molecule has 19 heavy (non-hydrogen) atoms. The first-order valence-electron chi connectivity index (χ1n) is 6.08. The Hall–Kier alpha value is -1.95. The van der Waals surface area contributed by atoms with Crippen LogP contribution in [0.25, 0.3) is 0 Å². The van der Waals surface area contributed by atoms with Gasteiger partial charge in [-0.25, -0.2) is 4.79 Å². The Labute approximate surface area is 112 Å². The first-order valence-corrected chi connectivity index (χ1v) is 6.08. The van der Waals surface area contributed by atoms with Gasteiger partial charge in [0, 0.05) is 25.9 Å². The monoisotopic (exact) mass is 265 g/mol. The quantitative estimate of drug-likeness (QED) is 0.531. The van der Waals surface area contributed by atoms with Crippen molar-refractivity contribution in [1.29, 1.82) is 0 Å². The summed E-state index contributed by atoms with van der Waals surface area (Å²) in [7, 11) is 1.30. The van der Waals surface area contributed by atoms with Gasteiger partial charge in [-0.05, 0) is 30.7 Å². The third-order valence-electron chi connectivity index (χ3n) is 2.55. The molecule has 1 amide bonds. The van der Waals surface area contributed by atoms with Gasteiger partial charge in [-0.15, -0.1) is 0 Å². The maximum Gasteiger partial charge on any atom is 0.329 e. The molecule has 1 unspecified atom stereocenters. The van der Waals surface area contributed by atoms with Gasteiger partial charge in [0.1, 0.15) is 6.04 Å². The van der Waals surface area contributed by atoms with Gasteiger partial charge in [0.2, 0.25) is 5.91 Å². The van der Waals surface area contributed by atoms with Crippen LogP contribution in [0.15, 0.2) is 24.5 Å². The van der Waals surface area contributed by atoms with Crippen LogP contribution < -0.4 is 10.6 Å². The average Bonchev–Trinajstić information content (AvgIpc) is 2.42. The number of carbonyl (C=O) groups excluding carboxylic acids is 2. The van der Waals surface area contributed by atoms with Crippen LogP contribution in [0.4, 0.5) is 0 Å². The van der Waals surface area contributed by atoms with E-state index in [0.717, 1.165) is 12.0 Å². The molecule has 1 aromatic rings. The number of nitrogens with one attached hydrogen (secondary N) is 2. The van der Waals surface area contributed by atoms with Crippen LogP contribution in [0.3, 0.4) is 0 Å². The first kappa shape index (κ1) is 15.1. The van der Waals surface area contributed by atoms with E-state index in [1.807, 2.05) is 12.1 Å². The molecule has 0 fully saturated rings. The van der Waals surface area contributed by atoms with Gasteiger partial charge in [0.25, 0.3) is 0 Å². The number of hydrogen-bond acceptors (Lipinski definition) is 5. The lowest BCUT2D eigenvalue weighted by molar-refractivity contribution is -0.144. The fourth-order valence-electron chi connectivity index (χ4n) is 1.61. The fraction of sp³-hybridized carbons (Fsp3) is 0.462. The van der Waals surface area contributed by atoms with E-state index in [9.17, 15) is 9.59 Å². The molecule has 0 saturated carbocycles. The molecule has 1 heterocycles. The highest BCUT2D eigenvalue weighted by Gasteiger charge is 2.19. The Kier molecular flexibility index (Phi) is 6.52. The van der Waals surface area contributed by atoms with Gasteiger partial charge in [-0.3, -0.25) is 9.78 Å². The molecule has 0 bridgehead atoms. The molecule has 0 aliphatic heterocycles. The number of pyridine rings is 1. The lowest BCUT2D eigenvalue weighted by Gasteiger charge is -2.16. The molecule has 0 aliphatic carbocycles. The zero-order valence-electron chi connectivity index (χ0n) is 11.2. The van der Waals surface area contributed by atoms with Crippen LogP contribution >= 0.6 is 0 Å². The van der Waals surface area contributed by atoms with Crippen molar-refractivity contribution in [2.24, 2.45) is 0 Å². The summed E-state index contributed by atoms with van der Waals surface area (Å²) in [6, 6.07) is 3.22. The number of esters is 1. The van der Waals surface area contributed by atoms with Gasteiger partial charge in [0.05, 0.1) is 7.11 Å². The van der Waals surface area contributed by atoms with Crippen molar-refractivity contribution < 1.29 is 14.3 Å². The fourth-order valence-corrected chi connectivity index (χ4v) is 1.61. The summed E-state index contributed by atoms with van der Waals surface area (Å²) >= 11 is 0. The molecular formula is C13H19N3O3. The molecule has 0 aliphatic rings. The second-order valence-corrected chi connectivity index (χ2v) is 4.09. The summed E-state index contributed by atoms with van der Waals surface area (Å²) in [6.45, 7) is 2.42. The van der Waals surface area contributed by atoms with Crippen LogP contribution in [-0.4, -0.2) is 43.1 Å². The summed E-state index contributed by atoms with van der Waals surface area (Å²) in [6.07, 6.45) is 4.31. The minimum absolute atomic E-state index is 0.258. The second-order valence-electron chi connectivity index (χ2n) is 4.09. The topological polar surface area (TPSA) is 80.3 Å². The average molecular weight is 265 g/mol. The molecular weight excluding hydrogens is 246 g/mol. The zero-order valence-corrected chi connectivity index (χ0v) is 11.2. The number of rotatable bonds is 7. The Morgan fingerprint density at radius 3 is 2.63 bits per heavy atom. The van der Waals surface area contributed by atoms with Crippen LogP contribution in [-0.2, 0) is 20.7 Å². The SMILES string of the molecule is COC(=O)C(CNCCc1ccncc1)NC(C)=O. The lowest BCUT2D eigenvalue weighted by atomic mass is 10.2.